The van der Waals surface area contributed by atoms with Crippen LogP contribution in [-0.4, -0.2) is 34.6 Å². The lowest BCUT2D eigenvalue weighted by Gasteiger charge is -2.14. The lowest BCUT2D eigenvalue weighted by molar-refractivity contribution is -0.127. The van der Waals surface area contributed by atoms with Gasteiger partial charge in [0.1, 0.15) is 5.52 Å². The summed E-state index contributed by atoms with van der Waals surface area (Å²) in [6.45, 7) is 1.81. The molecular formula is C14H15ClN2O2S. The van der Waals surface area contributed by atoms with E-state index in [0.717, 1.165) is 37.0 Å². The highest BCUT2D eigenvalue weighted by molar-refractivity contribution is 7.99. The van der Waals surface area contributed by atoms with E-state index in [0.29, 0.717) is 22.4 Å². The zero-order valence-corrected chi connectivity index (χ0v) is 12.5. The van der Waals surface area contributed by atoms with Crippen LogP contribution in [0.1, 0.15) is 18.7 Å². The molecule has 4 nitrogen and oxygen atoms in total. The molecule has 0 spiro atoms. The van der Waals surface area contributed by atoms with Crippen LogP contribution >= 0.6 is 23.4 Å². The van der Waals surface area contributed by atoms with E-state index in [1.54, 1.807) is 23.9 Å². The van der Waals surface area contributed by atoms with Crippen molar-refractivity contribution in [2.45, 2.75) is 18.6 Å². The Morgan fingerprint density at radius 2 is 2.20 bits per heavy atom. The maximum atomic E-state index is 11.9. The van der Waals surface area contributed by atoms with Crippen LogP contribution in [0.3, 0.4) is 0 Å². The second-order valence-corrected chi connectivity index (χ2v) is 6.22. The Kier molecular flexibility index (Phi) is 4.17. The molecule has 1 amide bonds. The number of nitrogens with zero attached hydrogens (tertiary/aromatic N) is 2. The van der Waals surface area contributed by atoms with Gasteiger partial charge in [0.05, 0.1) is 11.5 Å². The van der Waals surface area contributed by atoms with Gasteiger partial charge >= 0.3 is 0 Å². The Hall–Kier alpha value is -1.20. The molecular weight excluding hydrogens is 296 g/mol. The summed E-state index contributed by atoms with van der Waals surface area (Å²) in [5.41, 5.74) is 1.50. The normalized spacial score (nSPS) is 15.2. The lowest BCUT2D eigenvalue weighted by Crippen LogP contribution is -2.29. The Morgan fingerprint density at radius 1 is 1.40 bits per heavy atom. The molecule has 0 bridgehead atoms. The van der Waals surface area contributed by atoms with Crippen LogP contribution in [0.5, 0.6) is 0 Å². The molecule has 0 aliphatic carbocycles. The number of fused-ring (bicyclic) bond motifs is 1. The quantitative estimate of drug-likeness (QED) is 0.869. The van der Waals surface area contributed by atoms with Gasteiger partial charge in [-0.25, -0.2) is 4.98 Å². The zero-order chi connectivity index (χ0) is 13.9. The van der Waals surface area contributed by atoms with E-state index in [2.05, 4.69) is 4.98 Å². The average molecular weight is 311 g/mol. The van der Waals surface area contributed by atoms with Crippen molar-refractivity contribution >= 4 is 40.4 Å². The third-order valence-corrected chi connectivity index (χ3v) is 4.44. The highest BCUT2D eigenvalue weighted by Gasteiger charge is 2.17. The zero-order valence-electron chi connectivity index (χ0n) is 11.0. The third kappa shape index (κ3) is 3.10. The van der Waals surface area contributed by atoms with Gasteiger partial charge in [-0.05, 0) is 31.0 Å². The summed E-state index contributed by atoms with van der Waals surface area (Å²) < 4.78 is 5.61. The monoisotopic (exact) mass is 310 g/mol. The van der Waals surface area contributed by atoms with Gasteiger partial charge in [-0.2, -0.15) is 0 Å². The predicted molar refractivity (Wildman–Crippen MR) is 81.0 cm³/mol. The fourth-order valence-corrected chi connectivity index (χ4v) is 3.22. The summed E-state index contributed by atoms with van der Waals surface area (Å²) in [4.78, 5) is 18.2. The van der Waals surface area contributed by atoms with Crippen molar-refractivity contribution in [2.24, 2.45) is 0 Å². The topological polar surface area (TPSA) is 46.3 Å². The Balaban J connectivity index is 1.55. The largest absolute Gasteiger partial charge is 0.440 e. The Bertz CT molecular complexity index is 623. The van der Waals surface area contributed by atoms with Crippen LogP contribution in [-0.2, 0) is 10.5 Å². The van der Waals surface area contributed by atoms with E-state index in [1.165, 1.54) is 0 Å². The molecule has 3 rings (SSSR count). The van der Waals surface area contributed by atoms with Gasteiger partial charge in [0.25, 0.3) is 0 Å². The van der Waals surface area contributed by atoms with Crippen LogP contribution in [0, 0.1) is 0 Å². The minimum atomic E-state index is 0.214. The Labute approximate surface area is 126 Å². The van der Waals surface area contributed by atoms with Crippen LogP contribution in [0.2, 0.25) is 5.02 Å². The van der Waals surface area contributed by atoms with E-state index in [-0.39, 0.29) is 5.91 Å². The van der Waals surface area contributed by atoms with Gasteiger partial charge in [0, 0.05) is 18.1 Å². The molecule has 1 aromatic heterocycles. The number of oxazole rings is 1. The fourth-order valence-electron chi connectivity index (χ4n) is 2.29. The molecule has 1 aromatic carbocycles. The van der Waals surface area contributed by atoms with E-state index < -0.39 is 0 Å². The van der Waals surface area contributed by atoms with Crippen molar-refractivity contribution in [1.82, 2.24) is 9.88 Å². The van der Waals surface area contributed by atoms with E-state index in [1.807, 2.05) is 11.0 Å². The number of hydrogen-bond acceptors (Lipinski definition) is 4. The summed E-state index contributed by atoms with van der Waals surface area (Å²) in [5.74, 6) is 1.94. The first kappa shape index (κ1) is 13.8. The van der Waals surface area contributed by atoms with Gasteiger partial charge in [-0.3, -0.25) is 4.79 Å². The maximum Gasteiger partial charge on any atom is 0.232 e. The van der Waals surface area contributed by atoms with Crippen molar-refractivity contribution in [1.29, 1.82) is 0 Å². The van der Waals surface area contributed by atoms with Gasteiger partial charge in [0.15, 0.2) is 5.58 Å². The number of amides is 1. The number of hydrogen-bond donors (Lipinski definition) is 0. The summed E-state index contributed by atoms with van der Waals surface area (Å²) in [6.07, 6.45) is 2.25. The molecule has 1 fully saturated rings. The van der Waals surface area contributed by atoms with Gasteiger partial charge < -0.3 is 9.32 Å². The molecule has 6 heteroatoms. The van der Waals surface area contributed by atoms with Crippen LogP contribution in [0.25, 0.3) is 11.1 Å². The molecule has 1 aliphatic heterocycles. The number of likely N-dealkylation sites (tertiary alicyclic amines) is 1. The van der Waals surface area contributed by atoms with Crippen molar-refractivity contribution in [3.8, 4) is 0 Å². The number of halogens is 1. The highest BCUT2D eigenvalue weighted by Crippen LogP contribution is 2.22. The van der Waals surface area contributed by atoms with Gasteiger partial charge in [-0.1, -0.05) is 11.6 Å². The molecule has 0 N–H and O–H groups in total. The summed E-state index contributed by atoms with van der Waals surface area (Å²) in [6, 6.07) is 5.38. The first-order chi connectivity index (χ1) is 9.72. The van der Waals surface area contributed by atoms with E-state index in [4.69, 9.17) is 16.0 Å². The number of rotatable bonds is 4. The standard InChI is InChI=1S/C14H15ClN2O2S/c15-10-3-4-12-11(7-10)16-13(19-12)8-20-9-14(18)17-5-1-2-6-17/h3-4,7H,1-2,5-6,8-9H2. The summed E-state index contributed by atoms with van der Waals surface area (Å²) in [5, 5.41) is 0.647. The molecule has 0 saturated carbocycles. The molecule has 1 aliphatic rings. The van der Waals surface area contributed by atoms with Crippen LogP contribution in [0.15, 0.2) is 22.6 Å². The molecule has 1 saturated heterocycles. The smallest absolute Gasteiger partial charge is 0.232 e. The summed E-state index contributed by atoms with van der Waals surface area (Å²) >= 11 is 7.45. The van der Waals surface area contributed by atoms with Crippen molar-refractivity contribution in [3.63, 3.8) is 0 Å². The van der Waals surface area contributed by atoms with Crippen molar-refractivity contribution in [2.75, 3.05) is 18.8 Å². The predicted octanol–water partition coefficient (Wildman–Crippen LogP) is 3.34. The number of carbonyl (C=O) groups excluding carboxylic acids is 1. The minimum absolute atomic E-state index is 0.214. The minimum Gasteiger partial charge on any atom is -0.440 e. The molecule has 0 radical (unpaired) electrons. The molecule has 2 aromatic rings. The molecule has 0 atom stereocenters. The third-order valence-electron chi connectivity index (χ3n) is 3.30. The van der Waals surface area contributed by atoms with Crippen LogP contribution < -0.4 is 0 Å². The van der Waals surface area contributed by atoms with Crippen molar-refractivity contribution in [3.05, 3.63) is 29.1 Å². The van der Waals surface area contributed by atoms with Crippen LogP contribution in [0.4, 0.5) is 0 Å². The maximum absolute atomic E-state index is 11.9. The first-order valence-corrected chi connectivity index (χ1v) is 8.16. The van der Waals surface area contributed by atoms with Gasteiger partial charge in [0.2, 0.25) is 11.8 Å². The lowest BCUT2D eigenvalue weighted by atomic mass is 10.3. The highest BCUT2D eigenvalue weighted by atomic mass is 35.5. The molecule has 2 heterocycles. The van der Waals surface area contributed by atoms with E-state index >= 15 is 0 Å². The average Bonchev–Trinajstić information content (AvgIpc) is 3.06. The van der Waals surface area contributed by atoms with E-state index in [9.17, 15) is 4.79 Å². The Morgan fingerprint density at radius 3 is 3.00 bits per heavy atom. The molecule has 20 heavy (non-hydrogen) atoms. The molecule has 106 valence electrons. The second kappa shape index (κ2) is 6.06. The van der Waals surface area contributed by atoms with Crippen molar-refractivity contribution < 1.29 is 9.21 Å². The second-order valence-electron chi connectivity index (χ2n) is 4.80. The SMILES string of the molecule is O=C(CSCc1nc2cc(Cl)ccc2o1)N1CCCC1. The van der Waals surface area contributed by atoms with Gasteiger partial charge in [-0.15, -0.1) is 11.8 Å². The first-order valence-electron chi connectivity index (χ1n) is 6.63. The molecule has 0 unspecified atom stereocenters. The number of benzene rings is 1. The number of carbonyl (C=O) groups is 1. The number of thioether (sulfide) groups is 1. The fraction of sp³-hybridized carbons (Fsp3) is 0.429. The number of aromatic nitrogens is 1. The summed E-state index contributed by atoms with van der Waals surface area (Å²) in [7, 11) is 0.